The second-order valence-electron chi connectivity index (χ2n) is 10.2. The van der Waals surface area contributed by atoms with Gasteiger partial charge in [-0.05, 0) is 37.3 Å². The molecule has 0 aliphatic heterocycles. The van der Waals surface area contributed by atoms with Gasteiger partial charge in [0.15, 0.2) is 0 Å². The highest BCUT2D eigenvalue weighted by Gasteiger charge is 2.26. The molecular formula is C32H26N6O4S. The van der Waals surface area contributed by atoms with Crippen molar-refractivity contribution in [2.75, 3.05) is 24.7 Å². The Morgan fingerprint density at radius 1 is 1.05 bits per heavy atom. The summed E-state index contributed by atoms with van der Waals surface area (Å²) in [6.45, 7) is 1.97. The van der Waals surface area contributed by atoms with Crippen LogP contribution in [0.1, 0.15) is 21.5 Å². The Hall–Kier alpha value is -5.47. The Morgan fingerprint density at radius 2 is 1.81 bits per heavy atom. The van der Waals surface area contributed by atoms with E-state index in [0.29, 0.717) is 61.6 Å². The molecule has 6 aromatic rings. The number of nitrogens with one attached hydrogen (secondary N) is 2. The van der Waals surface area contributed by atoms with Crippen LogP contribution in [0.4, 0.5) is 5.69 Å². The van der Waals surface area contributed by atoms with E-state index in [-0.39, 0.29) is 5.91 Å². The first-order valence-corrected chi connectivity index (χ1v) is 15.1. The highest BCUT2D eigenvalue weighted by atomic mass is 32.2. The van der Waals surface area contributed by atoms with Crippen LogP contribution < -0.4 is 9.62 Å². The lowest BCUT2D eigenvalue weighted by Crippen LogP contribution is -2.25. The summed E-state index contributed by atoms with van der Waals surface area (Å²) in [5.74, 6) is 0.0152. The molecule has 0 atom stereocenters. The highest BCUT2D eigenvalue weighted by molar-refractivity contribution is 7.92. The third-order valence-corrected chi connectivity index (χ3v) is 8.63. The van der Waals surface area contributed by atoms with Crippen LogP contribution in [0.5, 0.6) is 0 Å². The molecular weight excluding hydrogens is 564 g/mol. The molecule has 0 saturated carbocycles. The van der Waals surface area contributed by atoms with Crippen molar-refractivity contribution >= 4 is 43.5 Å². The smallest absolute Gasteiger partial charge is 0.255 e. The van der Waals surface area contributed by atoms with E-state index in [1.165, 1.54) is 7.05 Å². The molecule has 0 spiro atoms. The van der Waals surface area contributed by atoms with Gasteiger partial charge < -0.3 is 14.7 Å². The van der Waals surface area contributed by atoms with Gasteiger partial charge in [0, 0.05) is 58.8 Å². The maximum atomic E-state index is 13.2. The SMILES string of the molecule is CNC(=O)c1c(-c2ccc(C)cc2)oc2cc(N(C)S(C)(=O)=O)c(-c3cc(-c4cc5c(C#N)cccc5[nH]4)cnn3)cc12. The van der Waals surface area contributed by atoms with Gasteiger partial charge >= 0.3 is 0 Å². The zero-order valence-corrected chi connectivity index (χ0v) is 24.6. The van der Waals surface area contributed by atoms with Gasteiger partial charge in [-0.3, -0.25) is 9.10 Å². The van der Waals surface area contributed by atoms with Crippen LogP contribution >= 0.6 is 0 Å². The summed E-state index contributed by atoms with van der Waals surface area (Å²) < 4.78 is 32.9. The Morgan fingerprint density at radius 3 is 2.51 bits per heavy atom. The molecule has 0 aliphatic carbocycles. The fourth-order valence-electron chi connectivity index (χ4n) is 5.09. The van der Waals surface area contributed by atoms with E-state index in [1.54, 1.807) is 43.6 Å². The number of carbonyl (C=O) groups excluding carboxylic acids is 1. The number of hydrogen-bond acceptors (Lipinski definition) is 7. The summed E-state index contributed by atoms with van der Waals surface area (Å²) in [7, 11) is -0.708. The normalized spacial score (nSPS) is 11.5. The molecule has 6 rings (SSSR count). The van der Waals surface area contributed by atoms with Crippen molar-refractivity contribution < 1.29 is 17.6 Å². The molecule has 3 heterocycles. The molecule has 0 saturated heterocycles. The number of aromatic amines is 1. The number of carbonyl (C=O) groups is 1. The van der Waals surface area contributed by atoms with E-state index in [9.17, 15) is 18.5 Å². The van der Waals surface area contributed by atoms with Gasteiger partial charge in [0.05, 0.1) is 41.0 Å². The Labute approximate surface area is 247 Å². The number of benzene rings is 3. The third kappa shape index (κ3) is 4.87. The van der Waals surface area contributed by atoms with Gasteiger partial charge in [0.1, 0.15) is 11.3 Å². The van der Waals surface area contributed by atoms with Gasteiger partial charge in [-0.1, -0.05) is 35.9 Å². The zero-order valence-electron chi connectivity index (χ0n) is 23.8. The second kappa shape index (κ2) is 10.4. The maximum Gasteiger partial charge on any atom is 0.255 e. The van der Waals surface area contributed by atoms with E-state index in [2.05, 4.69) is 26.6 Å². The molecule has 2 N–H and O–H groups in total. The van der Waals surface area contributed by atoms with E-state index in [0.717, 1.165) is 27.0 Å². The number of H-pyrrole nitrogens is 1. The number of aryl methyl sites for hydroxylation is 1. The van der Waals surface area contributed by atoms with Gasteiger partial charge in [-0.15, -0.1) is 0 Å². The van der Waals surface area contributed by atoms with Crippen LogP contribution in [-0.4, -0.2) is 49.9 Å². The monoisotopic (exact) mass is 590 g/mol. The molecule has 214 valence electrons. The molecule has 0 aliphatic rings. The number of rotatable bonds is 6. The quantitative estimate of drug-likeness (QED) is 0.255. The minimum atomic E-state index is -3.70. The molecule has 0 bridgehead atoms. The van der Waals surface area contributed by atoms with E-state index in [1.807, 2.05) is 43.3 Å². The average molecular weight is 591 g/mol. The van der Waals surface area contributed by atoms with Crippen LogP contribution in [0.25, 0.3) is 55.7 Å². The van der Waals surface area contributed by atoms with Crippen LogP contribution in [-0.2, 0) is 10.0 Å². The van der Waals surface area contributed by atoms with E-state index >= 15 is 0 Å². The number of nitrogens with zero attached hydrogens (tertiary/aromatic N) is 4. The summed E-state index contributed by atoms with van der Waals surface area (Å²) >= 11 is 0. The van der Waals surface area contributed by atoms with Crippen molar-refractivity contribution in [2.45, 2.75) is 6.92 Å². The van der Waals surface area contributed by atoms with E-state index in [4.69, 9.17) is 4.42 Å². The Balaban J connectivity index is 1.60. The average Bonchev–Trinajstić information content (AvgIpc) is 3.61. The largest absolute Gasteiger partial charge is 0.455 e. The fourth-order valence-corrected chi connectivity index (χ4v) is 5.60. The van der Waals surface area contributed by atoms with Crippen LogP contribution in [0.2, 0.25) is 0 Å². The molecule has 0 unspecified atom stereocenters. The molecule has 0 radical (unpaired) electrons. The third-order valence-electron chi connectivity index (χ3n) is 7.44. The first-order valence-electron chi connectivity index (χ1n) is 13.3. The van der Waals surface area contributed by atoms with Crippen molar-refractivity contribution in [1.82, 2.24) is 20.5 Å². The number of furan rings is 1. The lowest BCUT2D eigenvalue weighted by Gasteiger charge is -2.20. The summed E-state index contributed by atoms with van der Waals surface area (Å²) in [6.07, 6.45) is 2.69. The highest BCUT2D eigenvalue weighted by Crippen LogP contribution is 2.41. The number of anilines is 1. The van der Waals surface area contributed by atoms with E-state index < -0.39 is 10.0 Å². The van der Waals surface area contributed by atoms with Crippen molar-refractivity contribution in [3.8, 4) is 39.9 Å². The molecule has 43 heavy (non-hydrogen) atoms. The lowest BCUT2D eigenvalue weighted by molar-refractivity contribution is 0.0964. The number of aromatic nitrogens is 3. The number of amides is 1. The van der Waals surface area contributed by atoms with Crippen LogP contribution in [0.3, 0.4) is 0 Å². The zero-order chi connectivity index (χ0) is 30.5. The van der Waals surface area contributed by atoms with Crippen LogP contribution in [0.15, 0.2) is 77.3 Å². The molecule has 0 fully saturated rings. The topological polar surface area (TPSA) is 145 Å². The predicted octanol–water partition coefficient (Wildman–Crippen LogP) is 5.64. The summed E-state index contributed by atoms with van der Waals surface area (Å²) in [4.78, 5) is 16.5. The molecule has 10 nitrogen and oxygen atoms in total. The first kappa shape index (κ1) is 27.7. The molecule has 3 aromatic heterocycles. The number of sulfonamides is 1. The van der Waals surface area contributed by atoms with Gasteiger partial charge in [0.2, 0.25) is 10.0 Å². The molecule has 11 heteroatoms. The number of hydrogen-bond donors (Lipinski definition) is 2. The molecule has 1 amide bonds. The molecule has 3 aromatic carbocycles. The fraction of sp³-hybridized carbons (Fsp3) is 0.125. The lowest BCUT2D eigenvalue weighted by atomic mass is 10.00. The maximum absolute atomic E-state index is 13.2. The van der Waals surface area contributed by atoms with Crippen LogP contribution in [0, 0.1) is 18.3 Å². The van der Waals surface area contributed by atoms with Gasteiger partial charge in [-0.25, -0.2) is 8.42 Å². The van der Waals surface area contributed by atoms with Crippen molar-refractivity contribution in [1.29, 1.82) is 5.26 Å². The van der Waals surface area contributed by atoms with Crippen molar-refractivity contribution in [3.05, 3.63) is 89.6 Å². The summed E-state index contributed by atoms with van der Waals surface area (Å²) in [5, 5.41) is 22.1. The number of fused-ring (bicyclic) bond motifs is 2. The minimum absolute atomic E-state index is 0.303. The summed E-state index contributed by atoms with van der Waals surface area (Å²) in [5.41, 5.74) is 6.26. The van der Waals surface area contributed by atoms with Gasteiger partial charge in [-0.2, -0.15) is 15.5 Å². The van der Waals surface area contributed by atoms with Crippen molar-refractivity contribution in [2.24, 2.45) is 0 Å². The standard InChI is InChI=1S/C32H26N6O4S/c1-18-8-10-19(11-9-18)31-30(32(39)34-2)24-13-23(28(15-29(24)42-31)38(3)43(4,40)41)27-12-21(17-35-37-27)26-14-22-20(16-33)6-5-7-25(22)36-26/h5-15,17,36H,1-4H3,(H,34,39). The van der Waals surface area contributed by atoms with Gasteiger partial charge in [0.25, 0.3) is 5.91 Å². The second-order valence-corrected chi connectivity index (χ2v) is 12.3. The minimum Gasteiger partial charge on any atom is -0.455 e. The predicted molar refractivity (Wildman–Crippen MR) is 166 cm³/mol. The Kier molecular flexibility index (Phi) is 6.71. The summed E-state index contributed by atoms with van der Waals surface area (Å²) in [6, 6.07) is 22.2. The Bertz CT molecular complexity index is 2210. The van der Waals surface area contributed by atoms with Crippen molar-refractivity contribution in [3.63, 3.8) is 0 Å². The first-order chi connectivity index (χ1) is 20.6. The number of nitriles is 1.